The molecule has 0 unspecified atom stereocenters. The van der Waals surface area contributed by atoms with Crippen molar-refractivity contribution in [3.05, 3.63) is 53.3 Å². The van der Waals surface area contributed by atoms with Crippen LogP contribution >= 0.6 is 11.6 Å². The van der Waals surface area contributed by atoms with E-state index in [0.29, 0.717) is 0 Å². The Balaban J connectivity index is 2.25. The van der Waals surface area contributed by atoms with E-state index in [1.807, 2.05) is 53.9 Å². The van der Waals surface area contributed by atoms with E-state index in [4.69, 9.17) is 16.3 Å². The molecule has 0 spiro atoms. The average molecular weight is 273 g/mol. The molecule has 96 valence electrons. The molecule has 0 atom stereocenters. The number of benzene rings is 1. The van der Waals surface area contributed by atoms with Gasteiger partial charge in [0.2, 0.25) is 0 Å². The van der Waals surface area contributed by atoms with E-state index in [-0.39, 0.29) is 0 Å². The van der Waals surface area contributed by atoms with Crippen molar-refractivity contribution in [1.29, 1.82) is 0 Å². The zero-order chi connectivity index (χ0) is 13.4. The van der Waals surface area contributed by atoms with Crippen molar-refractivity contribution in [1.82, 2.24) is 9.38 Å². The summed E-state index contributed by atoms with van der Waals surface area (Å²) in [4.78, 5) is 4.68. The number of halogens is 1. The molecule has 0 fully saturated rings. The predicted molar refractivity (Wildman–Crippen MR) is 76.9 cm³/mol. The van der Waals surface area contributed by atoms with Crippen molar-refractivity contribution in [2.75, 3.05) is 7.11 Å². The molecule has 0 aliphatic heterocycles. The summed E-state index contributed by atoms with van der Waals surface area (Å²) in [6.45, 7) is 2.05. The van der Waals surface area contributed by atoms with Gasteiger partial charge in [0.1, 0.15) is 0 Å². The predicted octanol–water partition coefficient (Wildman–Crippen LogP) is 3.97. The van der Waals surface area contributed by atoms with Crippen LogP contribution in [0.15, 0.2) is 42.6 Å². The van der Waals surface area contributed by atoms with Crippen LogP contribution in [0.3, 0.4) is 0 Å². The van der Waals surface area contributed by atoms with Crippen molar-refractivity contribution in [3.63, 3.8) is 0 Å². The minimum Gasteiger partial charge on any atom is -0.493 e. The maximum Gasteiger partial charge on any atom is 0.180 e. The molecular formula is C15H13ClN2O. The van der Waals surface area contributed by atoms with Gasteiger partial charge in [0, 0.05) is 22.5 Å². The molecule has 2 aromatic heterocycles. The summed E-state index contributed by atoms with van der Waals surface area (Å²) < 4.78 is 7.38. The van der Waals surface area contributed by atoms with Crippen molar-refractivity contribution < 1.29 is 4.74 Å². The molecule has 1 aromatic carbocycles. The number of aryl methyl sites for hydroxylation is 1. The summed E-state index contributed by atoms with van der Waals surface area (Å²) in [6.07, 6.45) is 1.99. The Morgan fingerprint density at radius 3 is 2.58 bits per heavy atom. The largest absolute Gasteiger partial charge is 0.493 e. The van der Waals surface area contributed by atoms with Gasteiger partial charge >= 0.3 is 0 Å². The summed E-state index contributed by atoms with van der Waals surface area (Å²) >= 11 is 5.92. The quantitative estimate of drug-likeness (QED) is 0.706. The Bertz CT molecular complexity index is 732. The molecule has 3 aromatic rings. The third-order valence-corrected chi connectivity index (χ3v) is 3.44. The molecule has 3 nitrogen and oxygen atoms in total. The highest BCUT2D eigenvalue weighted by molar-refractivity contribution is 6.30. The topological polar surface area (TPSA) is 26.5 Å². The van der Waals surface area contributed by atoms with Crippen molar-refractivity contribution in [2.45, 2.75) is 6.92 Å². The molecule has 0 aliphatic rings. The Morgan fingerprint density at radius 1 is 1.16 bits per heavy atom. The molecule has 2 heterocycles. The maximum absolute atomic E-state index is 5.92. The number of imidazole rings is 1. The van der Waals surface area contributed by atoms with Crippen LogP contribution in [-0.4, -0.2) is 16.5 Å². The van der Waals surface area contributed by atoms with E-state index >= 15 is 0 Å². The lowest BCUT2D eigenvalue weighted by Gasteiger charge is -2.01. The van der Waals surface area contributed by atoms with E-state index in [0.717, 1.165) is 33.4 Å². The Kier molecular flexibility index (Phi) is 2.91. The fourth-order valence-corrected chi connectivity index (χ4v) is 2.33. The lowest BCUT2D eigenvalue weighted by Crippen LogP contribution is -1.90. The fraction of sp³-hybridized carbons (Fsp3) is 0.133. The number of pyridine rings is 1. The molecule has 0 aliphatic carbocycles. The molecule has 0 radical (unpaired) electrons. The van der Waals surface area contributed by atoms with Gasteiger partial charge in [0.15, 0.2) is 11.4 Å². The van der Waals surface area contributed by atoms with Crippen LogP contribution in [-0.2, 0) is 0 Å². The van der Waals surface area contributed by atoms with Gasteiger partial charge < -0.3 is 9.14 Å². The Hall–Kier alpha value is -2.00. The van der Waals surface area contributed by atoms with Crippen molar-refractivity contribution >= 4 is 17.2 Å². The zero-order valence-corrected chi connectivity index (χ0v) is 11.5. The van der Waals surface area contributed by atoms with Crippen molar-refractivity contribution in [2.24, 2.45) is 0 Å². The Labute approximate surface area is 116 Å². The molecule has 0 amide bonds. The first-order valence-corrected chi connectivity index (χ1v) is 6.36. The molecule has 19 heavy (non-hydrogen) atoms. The summed E-state index contributed by atoms with van der Waals surface area (Å²) in [6, 6.07) is 11.6. The van der Waals surface area contributed by atoms with E-state index in [2.05, 4.69) is 4.98 Å². The van der Waals surface area contributed by atoms with E-state index in [9.17, 15) is 0 Å². The molecule has 3 rings (SSSR count). The first kappa shape index (κ1) is 12.1. The summed E-state index contributed by atoms with van der Waals surface area (Å²) in [5.41, 5.74) is 3.90. The number of methoxy groups -OCH3 is 1. The summed E-state index contributed by atoms with van der Waals surface area (Å²) in [5.74, 6) is 0.769. The fourth-order valence-electron chi connectivity index (χ4n) is 2.20. The van der Waals surface area contributed by atoms with E-state index < -0.39 is 0 Å². The van der Waals surface area contributed by atoms with Gasteiger partial charge in [-0.3, -0.25) is 0 Å². The second kappa shape index (κ2) is 4.59. The van der Waals surface area contributed by atoms with E-state index in [1.165, 1.54) is 0 Å². The average Bonchev–Trinajstić information content (AvgIpc) is 2.77. The van der Waals surface area contributed by atoms with Crippen LogP contribution in [0.1, 0.15) is 5.69 Å². The molecule has 4 heteroatoms. The highest BCUT2D eigenvalue weighted by Gasteiger charge is 2.12. The van der Waals surface area contributed by atoms with E-state index in [1.54, 1.807) is 7.11 Å². The first-order chi connectivity index (χ1) is 9.20. The molecule has 0 saturated carbocycles. The van der Waals surface area contributed by atoms with Gasteiger partial charge in [-0.25, -0.2) is 4.98 Å². The van der Waals surface area contributed by atoms with Crippen molar-refractivity contribution in [3.8, 4) is 17.0 Å². The number of hydrogen-bond acceptors (Lipinski definition) is 2. The number of rotatable bonds is 2. The van der Waals surface area contributed by atoms with Gasteiger partial charge in [-0.15, -0.1) is 0 Å². The smallest absolute Gasteiger partial charge is 0.180 e. The van der Waals surface area contributed by atoms with Crippen LogP contribution in [0.5, 0.6) is 5.75 Å². The monoisotopic (exact) mass is 272 g/mol. The number of ether oxygens (including phenoxy) is 1. The lowest BCUT2D eigenvalue weighted by atomic mass is 10.1. The highest BCUT2D eigenvalue weighted by Crippen LogP contribution is 2.28. The summed E-state index contributed by atoms with van der Waals surface area (Å²) in [5, 5.41) is 0.725. The van der Waals surface area contributed by atoms with Crippen LogP contribution in [0, 0.1) is 6.92 Å². The van der Waals surface area contributed by atoms with Gasteiger partial charge in [0.25, 0.3) is 0 Å². The van der Waals surface area contributed by atoms with Gasteiger partial charge in [-0.05, 0) is 31.2 Å². The SMILES string of the molecule is COc1cccn2c(C)c(-c3ccc(Cl)cc3)nc12. The van der Waals surface area contributed by atoms with Crippen LogP contribution in [0.25, 0.3) is 16.9 Å². The third kappa shape index (κ3) is 1.96. The first-order valence-electron chi connectivity index (χ1n) is 5.98. The molecular weight excluding hydrogens is 260 g/mol. The highest BCUT2D eigenvalue weighted by atomic mass is 35.5. The normalized spacial score (nSPS) is 10.9. The Morgan fingerprint density at radius 2 is 1.89 bits per heavy atom. The van der Waals surface area contributed by atoms with Gasteiger partial charge in [0.05, 0.1) is 12.8 Å². The third-order valence-electron chi connectivity index (χ3n) is 3.19. The number of hydrogen-bond donors (Lipinski definition) is 0. The van der Waals surface area contributed by atoms with Gasteiger partial charge in [-0.2, -0.15) is 0 Å². The van der Waals surface area contributed by atoms with Crippen LogP contribution in [0.4, 0.5) is 0 Å². The summed E-state index contributed by atoms with van der Waals surface area (Å²) in [7, 11) is 1.65. The number of nitrogens with zero attached hydrogens (tertiary/aromatic N) is 2. The number of aromatic nitrogens is 2. The second-order valence-electron chi connectivity index (χ2n) is 4.32. The minimum atomic E-state index is 0.725. The molecule has 0 bridgehead atoms. The van der Waals surface area contributed by atoms with Gasteiger partial charge in [-0.1, -0.05) is 23.7 Å². The second-order valence-corrected chi connectivity index (χ2v) is 4.76. The zero-order valence-electron chi connectivity index (χ0n) is 10.7. The van der Waals surface area contributed by atoms with Crippen LogP contribution in [0.2, 0.25) is 5.02 Å². The lowest BCUT2D eigenvalue weighted by molar-refractivity contribution is 0.417. The van der Waals surface area contributed by atoms with Crippen LogP contribution < -0.4 is 4.74 Å². The maximum atomic E-state index is 5.92. The standard InChI is InChI=1S/C15H13ClN2O/c1-10-14(11-5-7-12(16)8-6-11)17-15-13(19-2)4-3-9-18(10)15/h3-9H,1-2H3. The molecule has 0 saturated heterocycles. The molecule has 0 N–H and O–H groups in total. The minimum absolute atomic E-state index is 0.725. The number of fused-ring (bicyclic) bond motifs is 1.